The molecule has 1 fully saturated rings. The Kier molecular flexibility index (Phi) is 4.41. The van der Waals surface area contributed by atoms with E-state index in [1.807, 2.05) is 11.5 Å². The summed E-state index contributed by atoms with van der Waals surface area (Å²) in [6.45, 7) is 3.81. The second kappa shape index (κ2) is 6.05. The van der Waals surface area contributed by atoms with Crippen molar-refractivity contribution in [2.24, 2.45) is 0 Å². The number of carbonyl (C=O) groups is 2. The summed E-state index contributed by atoms with van der Waals surface area (Å²) in [5.74, 6) is 0.575. The second-order valence-corrected chi connectivity index (χ2v) is 5.13. The summed E-state index contributed by atoms with van der Waals surface area (Å²) in [4.78, 5) is 22.6. The first-order chi connectivity index (χ1) is 9.11. The minimum Gasteiger partial charge on any atom is -0.450 e. The molecule has 0 aliphatic heterocycles. The van der Waals surface area contributed by atoms with Crippen LogP contribution in [0.15, 0.2) is 5.16 Å². The van der Waals surface area contributed by atoms with Gasteiger partial charge in [0.15, 0.2) is 5.16 Å². The molecule has 1 heterocycles. The molecule has 0 aromatic carbocycles. The number of nitrogens with one attached hydrogen (secondary N) is 1. The standard InChI is InChI=1S/C11H16N4O3S/c1-3-18-11(17)12-9(16)6-19-10-14-13-7(2)15(10)8-4-5-8/h8H,3-6H2,1-2H3,(H,12,16,17). The monoisotopic (exact) mass is 284 g/mol. The highest BCUT2D eigenvalue weighted by Crippen LogP contribution is 2.38. The van der Waals surface area contributed by atoms with Crippen molar-refractivity contribution < 1.29 is 14.3 Å². The third kappa shape index (κ3) is 3.69. The number of aromatic nitrogens is 3. The van der Waals surface area contributed by atoms with Gasteiger partial charge in [0.05, 0.1) is 12.4 Å². The molecule has 1 saturated carbocycles. The molecule has 104 valence electrons. The minimum atomic E-state index is -0.715. The van der Waals surface area contributed by atoms with Gasteiger partial charge in [0, 0.05) is 6.04 Å². The fraction of sp³-hybridized carbons (Fsp3) is 0.636. The Labute approximate surface area is 115 Å². The molecule has 0 bridgehead atoms. The van der Waals surface area contributed by atoms with E-state index >= 15 is 0 Å². The number of hydrogen-bond acceptors (Lipinski definition) is 6. The van der Waals surface area contributed by atoms with E-state index in [0.717, 1.165) is 23.8 Å². The Morgan fingerprint density at radius 2 is 2.21 bits per heavy atom. The molecular formula is C11H16N4O3S. The molecule has 19 heavy (non-hydrogen) atoms. The van der Waals surface area contributed by atoms with Gasteiger partial charge in [0.1, 0.15) is 5.82 Å². The van der Waals surface area contributed by atoms with E-state index in [0.29, 0.717) is 6.04 Å². The average molecular weight is 284 g/mol. The van der Waals surface area contributed by atoms with Gasteiger partial charge in [-0.15, -0.1) is 10.2 Å². The van der Waals surface area contributed by atoms with Crippen LogP contribution in [0, 0.1) is 6.92 Å². The predicted octanol–water partition coefficient (Wildman–Crippen LogP) is 1.29. The molecule has 0 radical (unpaired) electrons. The lowest BCUT2D eigenvalue weighted by atomic mass is 10.6. The van der Waals surface area contributed by atoms with Crippen LogP contribution in [-0.4, -0.2) is 39.1 Å². The van der Waals surface area contributed by atoms with Crippen molar-refractivity contribution in [3.05, 3.63) is 5.82 Å². The molecule has 0 atom stereocenters. The molecule has 7 nitrogen and oxygen atoms in total. The SMILES string of the molecule is CCOC(=O)NC(=O)CSc1nnc(C)n1C1CC1. The molecule has 0 unspecified atom stereocenters. The van der Waals surface area contributed by atoms with E-state index in [2.05, 4.69) is 20.3 Å². The van der Waals surface area contributed by atoms with Crippen molar-refractivity contribution in [2.45, 2.75) is 37.9 Å². The summed E-state index contributed by atoms with van der Waals surface area (Å²) in [6.07, 6.45) is 1.54. The number of nitrogens with zero attached hydrogens (tertiary/aromatic N) is 3. The molecule has 0 spiro atoms. The zero-order valence-corrected chi connectivity index (χ0v) is 11.7. The molecule has 1 aliphatic rings. The molecule has 2 rings (SSSR count). The lowest BCUT2D eigenvalue weighted by molar-refractivity contribution is -0.117. The van der Waals surface area contributed by atoms with E-state index in [1.54, 1.807) is 6.92 Å². The number of amides is 2. The first kappa shape index (κ1) is 13.9. The van der Waals surface area contributed by atoms with Crippen molar-refractivity contribution in [2.75, 3.05) is 12.4 Å². The van der Waals surface area contributed by atoms with Crippen molar-refractivity contribution in [1.82, 2.24) is 20.1 Å². The zero-order valence-electron chi connectivity index (χ0n) is 10.9. The van der Waals surface area contributed by atoms with Gasteiger partial charge in [0.2, 0.25) is 5.91 Å². The molecule has 1 N–H and O–H groups in total. The average Bonchev–Trinajstić information content (AvgIpc) is 3.11. The van der Waals surface area contributed by atoms with Gasteiger partial charge in [-0.2, -0.15) is 0 Å². The molecule has 1 aromatic heterocycles. The van der Waals surface area contributed by atoms with Gasteiger partial charge in [-0.3, -0.25) is 10.1 Å². The number of alkyl carbamates (subject to hydrolysis) is 1. The fourth-order valence-electron chi connectivity index (χ4n) is 1.65. The number of thioether (sulfide) groups is 1. The van der Waals surface area contributed by atoms with Gasteiger partial charge in [-0.1, -0.05) is 11.8 Å². The molecule has 1 aromatic rings. The molecule has 8 heteroatoms. The number of rotatable bonds is 5. The number of imide groups is 1. The maximum Gasteiger partial charge on any atom is 0.413 e. The van der Waals surface area contributed by atoms with Crippen molar-refractivity contribution in [1.29, 1.82) is 0 Å². The zero-order chi connectivity index (χ0) is 13.8. The van der Waals surface area contributed by atoms with Gasteiger partial charge in [-0.25, -0.2) is 4.79 Å². The van der Waals surface area contributed by atoms with Crippen LogP contribution in [-0.2, 0) is 9.53 Å². The van der Waals surface area contributed by atoms with Gasteiger partial charge < -0.3 is 9.30 Å². The normalized spacial score (nSPS) is 14.2. The molecular weight excluding hydrogens is 268 g/mol. The maximum atomic E-state index is 11.5. The highest BCUT2D eigenvalue weighted by Gasteiger charge is 2.28. The third-order valence-electron chi connectivity index (χ3n) is 2.60. The summed E-state index contributed by atoms with van der Waals surface area (Å²) in [6, 6.07) is 0.464. The Balaban J connectivity index is 1.85. The van der Waals surface area contributed by atoms with Crippen LogP contribution in [0.4, 0.5) is 4.79 Å². The maximum absolute atomic E-state index is 11.5. The van der Waals surface area contributed by atoms with Gasteiger partial charge in [0.25, 0.3) is 0 Å². The summed E-state index contributed by atoms with van der Waals surface area (Å²) < 4.78 is 6.67. The van der Waals surface area contributed by atoms with E-state index in [4.69, 9.17) is 0 Å². The van der Waals surface area contributed by atoms with Gasteiger partial charge >= 0.3 is 6.09 Å². The van der Waals surface area contributed by atoms with Crippen LogP contribution in [0.5, 0.6) is 0 Å². The van der Waals surface area contributed by atoms with Crippen molar-refractivity contribution >= 4 is 23.8 Å². The second-order valence-electron chi connectivity index (χ2n) is 4.19. The predicted molar refractivity (Wildman–Crippen MR) is 68.9 cm³/mol. The summed E-state index contributed by atoms with van der Waals surface area (Å²) >= 11 is 1.27. The molecule has 1 aliphatic carbocycles. The summed E-state index contributed by atoms with van der Waals surface area (Å²) in [5, 5.41) is 10.9. The number of aryl methyl sites for hydroxylation is 1. The number of ether oxygens (including phenoxy) is 1. The van der Waals surface area contributed by atoms with E-state index in [9.17, 15) is 9.59 Å². The van der Waals surface area contributed by atoms with Crippen LogP contribution in [0.1, 0.15) is 31.6 Å². The van der Waals surface area contributed by atoms with Crippen LogP contribution in [0.25, 0.3) is 0 Å². The Hall–Kier alpha value is -1.57. The topological polar surface area (TPSA) is 86.1 Å². The quantitative estimate of drug-likeness (QED) is 0.820. The summed E-state index contributed by atoms with van der Waals surface area (Å²) in [7, 11) is 0. The van der Waals surface area contributed by atoms with Crippen LogP contribution in [0.3, 0.4) is 0 Å². The first-order valence-electron chi connectivity index (χ1n) is 6.12. The van der Waals surface area contributed by atoms with Crippen LogP contribution < -0.4 is 5.32 Å². The van der Waals surface area contributed by atoms with Crippen molar-refractivity contribution in [3.63, 3.8) is 0 Å². The minimum absolute atomic E-state index is 0.115. The third-order valence-corrected chi connectivity index (χ3v) is 3.54. The number of hydrogen-bond donors (Lipinski definition) is 1. The van der Waals surface area contributed by atoms with E-state index in [1.165, 1.54) is 11.8 Å². The Morgan fingerprint density at radius 1 is 1.47 bits per heavy atom. The van der Waals surface area contributed by atoms with Crippen LogP contribution >= 0.6 is 11.8 Å². The van der Waals surface area contributed by atoms with Gasteiger partial charge in [-0.05, 0) is 26.7 Å². The lowest BCUT2D eigenvalue weighted by Crippen LogP contribution is -2.32. The summed E-state index contributed by atoms with van der Waals surface area (Å²) in [5.41, 5.74) is 0. The highest BCUT2D eigenvalue weighted by molar-refractivity contribution is 7.99. The Bertz CT molecular complexity index is 484. The molecule has 2 amide bonds. The van der Waals surface area contributed by atoms with Crippen LogP contribution in [0.2, 0.25) is 0 Å². The van der Waals surface area contributed by atoms with E-state index < -0.39 is 12.0 Å². The first-order valence-corrected chi connectivity index (χ1v) is 7.11. The largest absolute Gasteiger partial charge is 0.450 e. The highest BCUT2D eigenvalue weighted by atomic mass is 32.2. The number of carbonyl (C=O) groups excluding carboxylic acids is 2. The molecule has 0 saturated heterocycles. The Morgan fingerprint density at radius 3 is 2.84 bits per heavy atom. The fourth-order valence-corrected chi connectivity index (χ4v) is 2.50. The smallest absolute Gasteiger partial charge is 0.413 e. The van der Waals surface area contributed by atoms with E-state index in [-0.39, 0.29) is 12.4 Å². The lowest BCUT2D eigenvalue weighted by Gasteiger charge is -2.06. The van der Waals surface area contributed by atoms with Crippen molar-refractivity contribution in [3.8, 4) is 0 Å².